The summed E-state index contributed by atoms with van der Waals surface area (Å²) >= 11 is 0. The predicted octanol–water partition coefficient (Wildman–Crippen LogP) is 2.63. The predicted molar refractivity (Wildman–Crippen MR) is 90.6 cm³/mol. The van der Waals surface area contributed by atoms with Gasteiger partial charge in [0.2, 0.25) is 0 Å². The molecular formula is C18H24N4O. The highest BCUT2D eigenvalue weighted by atomic mass is 16.2. The number of fused-ring (bicyclic) bond motifs is 3. The topological polar surface area (TPSA) is 59.0 Å². The van der Waals surface area contributed by atoms with Gasteiger partial charge in [0.05, 0.1) is 5.52 Å². The molecule has 2 bridgehead atoms. The minimum absolute atomic E-state index is 0.0353. The molecule has 122 valence electrons. The number of carbonyl (C=O) groups excluding carboxylic acids is 1. The third-order valence-electron chi connectivity index (χ3n) is 5.13. The molecule has 2 N–H and O–H groups in total. The smallest absolute Gasteiger partial charge is 0.272 e. The number of hydrogen-bond donors (Lipinski definition) is 2. The first kappa shape index (κ1) is 14.7. The van der Waals surface area contributed by atoms with Crippen molar-refractivity contribution < 1.29 is 4.79 Å². The average molecular weight is 312 g/mol. The number of rotatable bonds is 3. The van der Waals surface area contributed by atoms with Gasteiger partial charge in [-0.2, -0.15) is 5.10 Å². The van der Waals surface area contributed by atoms with Crippen LogP contribution in [0.2, 0.25) is 0 Å². The minimum atomic E-state index is -0.0353. The summed E-state index contributed by atoms with van der Waals surface area (Å²) in [5.41, 5.74) is 1.58. The number of benzene rings is 1. The molecule has 2 aliphatic rings. The lowest BCUT2D eigenvalue weighted by Gasteiger charge is -2.29. The van der Waals surface area contributed by atoms with Crippen molar-refractivity contribution in [3.05, 3.63) is 30.0 Å². The van der Waals surface area contributed by atoms with E-state index in [2.05, 4.69) is 29.6 Å². The van der Waals surface area contributed by atoms with Gasteiger partial charge in [-0.1, -0.05) is 18.2 Å². The van der Waals surface area contributed by atoms with E-state index in [9.17, 15) is 4.79 Å². The first-order chi connectivity index (χ1) is 11.1. The second kappa shape index (κ2) is 5.64. The maximum Gasteiger partial charge on any atom is 0.272 e. The average Bonchev–Trinajstić information content (AvgIpc) is 3.08. The summed E-state index contributed by atoms with van der Waals surface area (Å²) in [6, 6.07) is 9.63. The molecule has 0 saturated carbocycles. The van der Waals surface area contributed by atoms with Gasteiger partial charge in [0.25, 0.3) is 5.91 Å². The van der Waals surface area contributed by atoms with Crippen LogP contribution in [0.15, 0.2) is 24.3 Å². The largest absolute Gasteiger partial charge is 0.348 e. The van der Waals surface area contributed by atoms with Crippen molar-refractivity contribution >= 4 is 16.8 Å². The summed E-state index contributed by atoms with van der Waals surface area (Å²) in [7, 11) is 0. The van der Waals surface area contributed by atoms with Crippen LogP contribution in [0.3, 0.4) is 0 Å². The van der Waals surface area contributed by atoms with Crippen LogP contribution in [0.1, 0.15) is 56.1 Å². The monoisotopic (exact) mass is 312 g/mol. The molecule has 2 aliphatic heterocycles. The van der Waals surface area contributed by atoms with Crippen LogP contribution >= 0.6 is 0 Å². The summed E-state index contributed by atoms with van der Waals surface area (Å²) in [6.45, 7) is 4.18. The number of hydrogen-bond acceptors (Lipinski definition) is 3. The Kier molecular flexibility index (Phi) is 3.60. The number of piperidine rings is 1. The number of amides is 1. The van der Waals surface area contributed by atoms with E-state index in [0.29, 0.717) is 17.8 Å². The molecule has 2 aromatic rings. The molecule has 0 radical (unpaired) electrons. The fourth-order valence-corrected chi connectivity index (χ4v) is 4.08. The normalized spacial score (nSPS) is 26.8. The van der Waals surface area contributed by atoms with Crippen molar-refractivity contribution in [3.8, 4) is 0 Å². The molecule has 5 heteroatoms. The maximum absolute atomic E-state index is 12.8. The lowest BCUT2D eigenvalue weighted by molar-refractivity contribution is 0.0919. The van der Waals surface area contributed by atoms with Gasteiger partial charge >= 0.3 is 0 Å². The Morgan fingerprint density at radius 3 is 2.65 bits per heavy atom. The Bertz CT molecular complexity index is 724. The molecule has 1 aromatic heterocycles. The van der Waals surface area contributed by atoms with E-state index in [4.69, 9.17) is 0 Å². The molecule has 1 aromatic carbocycles. The van der Waals surface area contributed by atoms with Gasteiger partial charge < -0.3 is 10.6 Å². The van der Waals surface area contributed by atoms with Gasteiger partial charge in [-0.05, 0) is 45.6 Å². The number of nitrogens with zero attached hydrogens (tertiary/aromatic N) is 2. The molecule has 4 rings (SSSR count). The second-order valence-electron chi connectivity index (χ2n) is 7.18. The summed E-state index contributed by atoms with van der Waals surface area (Å²) in [6.07, 6.45) is 4.54. The highest BCUT2D eigenvalue weighted by Crippen LogP contribution is 2.27. The SMILES string of the molecule is CC(C)n1nc(C(=O)NC2C[C@H]3CC[C@H](C2)N3)c2ccccc21. The van der Waals surface area contributed by atoms with E-state index in [1.54, 1.807) is 0 Å². The number of carbonyl (C=O) groups is 1. The van der Waals surface area contributed by atoms with Crippen LogP contribution in [0.4, 0.5) is 0 Å². The van der Waals surface area contributed by atoms with Crippen LogP contribution in [0.25, 0.3) is 10.9 Å². The van der Waals surface area contributed by atoms with Crippen LogP contribution in [-0.4, -0.2) is 33.8 Å². The highest BCUT2D eigenvalue weighted by Gasteiger charge is 2.34. The van der Waals surface area contributed by atoms with Gasteiger partial charge in [0, 0.05) is 29.6 Å². The molecule has 5 nitrogen and oxygen atoms in total. The van der Waals surface area contributed by atoms with Crippen LogP contribution in [0, 0.1) is 0 Å². The Hall–Kier alpha value is -1.88. The van der Waals surface area contributed by atoms with Gasteiger partial charge in [0.1, 0.15) is 0 Å². The van der Waals surface area contributed by atoms with Crippen LogP contribution in [0.5, 0.6) is 0 Å². The van der Waals surface area contributed by atoms with E-state index >= 15 is 0 Å². The zero-order chi connectivity index (χ0) is 16.0. The first-order valence-electron chi connectivity index (χ1n) is 8.66. The highest BCUT2D eigenvalue weighted by molar-refractivity contribution is 6.05. The van der Waals surface area contributed by atoms with Crippen LogP contribution in [-0.2, 0) is 0 Å². The van der Waals surface area contributed by atoms with Crippen molar-refractivity contribution in [3.63, 3.8) is 0 Å². The minimum Gasteiger partial charge on any atom is -0.348 e. The van der Waals surface area contributed by atoms with E-state index < -0.39 is 0 Å². The molecule has 1 amide bonds. The van der Waals surface area contributed by atoms with E-state index in [1.807, 2.05) is 28.9 Å². The molecule has 2 atom stereocenters. The third-order valence-corrected chi connectivity index (χ3v) is 5.13. The molecule has 0 aliphatic carbocycles. The third kappa shape index (κ3) is 2.63. The molecule has 2 saturated heterocycles. The number of nitrogens with one attached hydrogen (secondary N) is 2. The molecular weight excluding hydrogens is 288 g/mol. The zero-order valence-corrected chi connectivity index (χ0v) is 13.7. The first-order valence-corrected chi connectivity index (χ1v) is 8.66. The maximum atomic E-state index is 12.8. The van der Waals surface area contributed by atoms with Crippen molar-refractivity contribution in [2.75, 3.05) is 0 Å². The molecule has 2 fully saturated rings. The van der Waals surface area contributed by atoms with Gasteiger partial charge in [-0.25, -0.2) is 0 Å². The number of para-hydroxylation sites is 1. The summed E-state index contributed by atoms with van der Waals surface area (Å²) in [4.78, 5) is 12.8. The molecule has 0 spiro atoms. The lowest BCUT2D eigenvalue weighted by atomic mass is 9.99. The van der Waals surface area contributed by atoms with Crippen LogP contribution < -0.4 is 10.6 Å². The quantitative estimate of drug-likeness (QED) is 0.916. The standard InChI is InChI=1S/C18H24N4O/c1-11(2)22-16-6-4-3-5-15(16)17(21-22)18(23)20-14-9-12-7-8-13(10-14)19-12/h3-6,11-14,19H,7-10H2,1-2H3,(H,20,23)/t12-,13-/m1/s1. The molecule has 3 heterocycles. The van der Waals surface area contributed by atoms with Crippen molar-refractivity contribution in [2.45, 2.75) is 63.7 Å². The Labute approximate surface area is 136 Å². The Morgan fingerprint density at radius 2 is 1.96 bits per heavy atom. The molecule has 23 heavy (non-hydrogen) atoms. The number of aromatic nitrogens is 2. The summed E-state index contributed by atoms with van der Waals surface area (Å²) < 4.78 is 1.94. The zero-order valence-electron chi connectivity index (χ0n) is 13.7. The summed E-state index contributed by atoms with van der Waals surface area (Å²) in [5.74, 6) is -0.0353. The fourth-order valence-electron chi connectivity index (χ4n) is 4.08. The van der Waals surface area contributed by atoms with Gasteiger partial charge in [-0.3, -0.25) is 9.48 Å². The van der Waals surface area contributed by atoms with Crippen molar-refractivity contribution in [1.82, 2.24) is 20.4 Å². The van der Waals surface area contributed by atoms with Gasteiger partial charge in [0.15, 0.2) is 5.69 Å². The van der Waals surface area contributed by atoms with Crippen molar-refractivity contribution in [2.24, 2.45) is 0 Å². The Balaban J connectivity index is 1.60. The van der Waals surface area contributed by atoms with Gasteiger partial charge in [-0.15, -0.1) is 0 Å². The summed E-state index contributed by atoms with van der Waals surface area (Å²) in [5, 5.41) is 12.4. The van der Waals surface area contributed by atoms with Crippen molar-refractivity contribution in [1.29, 1.82) is 0 Å². The van der Waals surface area contributed by atoms with E-state index in [1.165, 1.54) is 12.8 Å². The Morgan fingerprint density at radius 1 is 1.26 bits per heavy atom. The van der Waals surface area contributed by atoms with E-state index in [0.717, 1.165) is 23.7 Å². The molecule has 0 unspecified atom stereocenters. The second-order valence-corrected chi connectivity index (χ2v) is 7.18. The van der Waals surface area contributed by atoms with E-state index in [-0.39, 0.29) is 18.0 Å². The lowest BCUT2D eigenvalue weighted by Crippen LogP contribution is -2.48. The fraction of sp³-hybridized carbons (Fsp3) is 0.556.